The van der Waals surface area contributed by atoms with E-state index in [9.17, 15) is 9.18 Å². The summed E-state index contributed by atoms with van der Waals surface area (Å²) in [6, 6.07) is 7.78. The number of piperidine rings is 1. The number of ether oxygens (including phenoxy) is 1. The maximum absolute atomic E-state index is 14.4. The zero-order valence-corrected chi connectivity index (χ0v) is 14.8. The largest absolute Gasteiger partial charge is 0.445 e. The van der Waals surface area contributed by atoms with Gasteiger partial charge in [-0.15, -0.1) is 10.2 Å². The van der Waals surface area contributed by atoms with Crippen molar-refractivity contribution in [3.05, 3.63) is 40.9 Å². The van der Waals surface area contributed by atoms with Crippen LogP contribution in [0.1, 0.15) is 17.5 Å². The second-order valence-electron chi connectivity index (χ2n) is 6.18. The summed E-state index contributed by atoms with van der Waals surface area (Å²) in [6.07, 6.45) is -0.952. The molecular weight excluding hydrogens is 343 g/mol. The molecule has 25 heavy (non-hydrogen) atoms. The Bertz CT molecular complexity index is 680. The molecule has 2 heterocycles. The molecular formula is C17H21FN4O2S. The summed E-state index contributed by atoms with van der Waals surface area (Å²) in [5, 5.41) is 11.4. The predicted molar refractivity (Wildman–Crippen MR) is 94.3 cm³/mol. The second-order valence-corrected chi connectivity index (χ2v) is 7.01. The van der Waals surface area contributed by atoms with Gasteiger partial charge in [-0.1, -0.05) is 41.2 Å². The fourth-order valence-electron chi connectivity index (χ4n) is 2.74. The van der Waals surface area contributed by atoms with Crippen molar-refractivity contribution in [2.45, 2.75) is 26.1 Å². The molecule has 0 aliphatic carbocycles. The van der Waals surface area contributed by atoms with Crippen molar-refractivity contribution in [3.8, 4) is 0 Å². The summed E-state index contributed by atoms with van der Waals surface area (Å²) in [6.45, 7) is 3.25. The summed E-state index contributed by atoms with van der Waals surface area (Å²) in [7, 11) is 0. The number of carbonyl (C=O) groups excluding carboxylic acids is 1. The number of aromatic nitrogens is 2. The van der Waals surface area contributed by atoms with E-state index in [1.807, 2.05) is 31.2 Å². The number of carbonyl (C=O) groups is 1. The molecule has 2 aromatic rings. The molecule has 0 spiro atoms. The van der Waals surface area contributed by atoms with Gasteiger partial charge in [0.1, 0.15) is 18.3 Å². The number of alkyl halides is 1. The van der Waals surface area contributed by atoms with Crippen LogP contribution in [-0.2, 0) is 11.3 Å². The first-order chi connectivity index (χ1) is 12.1. The van der Waals surface area contributed by atoms with Crippen LogP contribution in [0.5, 0.6) is 0 Å². The normalized spacial score (nSPS) is 20.3. The number of nitrogens with zero attached hydrogens (tertiary/aromatic N) is 3. The standard InChI is InChI=1S/C17H21FN4O2S/c1-12-2-4-13(5-3-12)10-24-17(23)22-7-6-14(15(18)9-22)8-19-16-21-20-11-25-16/h2-5,11,14-15H,6-10H2,1H3,(H,19,21)/t14-,15+/m1/s1. The fraction of sp³-hybridized carbons (Fsp3) is 0.471. The van der Waals surface area contributed by atoms with Gasteiger partial charge in [0.2, 0.25) is 5.13 Å². The van der Waals surface area contributed by atoms with Gasteiger partial charge in [0, 0.05) is 19.0 Å². The Kier molecular flexibility index (Phi) is 5.80. The van der Waals surface area contributed by atoms with Gasteiger partial charge in [0.05, 0.1) is 6.54 Å². The first-order valence-corrected chi connectivity index (χ1v) is 9.11. The van der Waals surface area contributed by atoms with E-state index in [2.05, 4.69) is 15.5 Å². The smallest absolute Gasteiger partial charge is 0.410 e. The number of anilines is 1. The molecule has 2 atom stereocenters. The lowest BCUT2D eigenvalue weighted by molar-refractivity contribution is 0.0544. The molecule has 3 rings (SSSR count). The Morgan fingerprint density at radius 3 is 2.92 bits per heavy atom. The highest BCUT2D eigenvalue weighted by Gasteiger charge is 2.32. The van der Waals surface area contributed by atoms with Crippen LogP contribution in [0.25, 0.3) is 0 Å². The number of rotatable bonds is 5. The Morgan fingerprint density at radius 1 is 1.44 bits per heavy atom. The van der Waals surface area contributed by atoms with Crippen molar-refractivity contribution in [1.82, 2.24) is 15.1 Å². The second kappa shape index (κ2) is 8.24. The van der Waals surface area contributed by atoms with Crippen LogP contribution >= 0.6 is 11.3 Å². The molecule has 134 valence electrons. The minimum absolute atomic E-state index is 0.0647. The Balaban J connectivity index is 1.43. The van der Waals surface area contributed by atoms with Crippen LogP contribution in [0.2, 0.25) is 0 Å². The lowest BCUT2D eigenvalue weighted by Gasteiger charge is -2.34. The van der Waals surface area contributed by atoms with E-state index in [-0.39, 0.29) is 19.1 Å². The van der Waals surface area contributed by atoms with E-state index in [1.54, 1.807) is 5.51 Å². The molecule has 1 aromatic heterocycles. The Labute approximate surface area is 150 Å². The van der Waals surface area contributed by atoms with Crippen molar-refractivity contribution < 1.29 is 13.9 Å². The molecule has 1 amide bonds. The first-order valence-electron chi connectivity index (χ1n) is 8.23. The van der Waals surface area contributed by atoms with Gasteiger partial charge in [0.15, 0.2) is 0 Å². The van der Waals surface area contributed by atoms with Gasteiger partial charge in [-0.3, -0.25) is 0 Å². The van der Waals surface area contributed by atoms with Crippen molar-refractivity contribution in [3.63, 3.8) is 0 Å². The van der Waals surface area contributed by atoms with Crippen LogP contribution in [-0.4, -0.2) is 47.0 Å². The van der Waals surface area contributed by atoms with Gasteiger partial charge < -0.3 is 15.0 Å². The fourth-order valence-corrected chi connectivity index (χ4v) is 3.19. The third-order valence-corrected chi connectivity index (χ3v) is 4.94. The molecule has 0 bridgehead atoms. The average Bonchev–Trinajstić information content (AvgIpc) is 3.13. The van der Waals surface area contributed by atoms with Gasteiger partial charge in [-0.25, -0.2) is 9.18 Å². The summed E-state index contributed by atoms with van der Waals surface area (Å²) >= 11 is 1.38. The molecule has 1 saturated heterocycles. The Hall–Kier alpha value is -2.22. The van der Waals surface area contributed by atoms with Crippen molar-refractivity contribution in [1.29, 1.82) is 0 Å². The van der Waals surface area contributed by atoms with E-state index in [0.29, 0.717) is 24.6 Å². The molecule has 1 fully saturated rings. The number of benzene rings is 1. The molecule has 1 aromatic carbocycles. The maximum atomic E-state index is 14.4. The van der Waals surface area contributed by atoms with Crippen LogP contribution in [0, 0.1) is 12.8 Å². The van der Waals surface area contributed by atoms with E-state index in [0.717, 1.165) is 11.1 Å². The number of halogens is 1. The predicted octanol–water partition coefficient (Wildman–Crippen LogP) is 3.26. The average molecular weight is 364 g/mol. The number of hydrogen-bond donors (Lipinski definition) is 1. The van der Waals surface area contributed by atoms with E-state index >= 15 is 0 Å². The van der Waals surface area contributed by atoms with Crippen LogP contribution in [0.4, 0.5) is 14.3 Å². The maximum Gasteiger partial charge on any atom is 0.410 e. The molecule has 1 aliphatic heterocycles. The zero-order chi connectivity index (χ0) is 17.6. The first kappa shape index (κ1) is 17.6. The molecule has 1 N–H and O–H groups in total. The quantitative estimate of drug-likeness (QED) is 0.882. The van der Waals surface area contributed by atoms with Gasteiger partial charge >= 0.3 is 6.09 Å². The lowest BCUT2D eigenvalue weighted by atomic mass is 9.95. The van der Waals surface area contributed by atoms with E-state index in [4.69, 9.17) is 4.74 Å². The highest BCUT2D eigenvalue weighted by molar-refractivity contribution is 7.13. The lowest BCUT2D eigenvalue weighted by Crippen LogP contribution is -2.46. The molecule has 8 heteroatoms. The van der Waals surface area contributed by atoms with E-state index in [1.165, 1.54) is 16.2 Å². The monoisotopic (exact) mass is 364 g/mol. The van der Waals surface area contributed by atoms with Crippen molar-refractivity contribution in [2.75, 3.05) is 25.0 Å². The number of likely N-dealkylation sites (tertiary alicyclic amines) is 1. The molecule has 0 unspecified atom stereocenters. The van der Waals surface area contributed by atoms with Gasteiger partial charge in [-0.2, -0.15) is 0 Å². The van der Waals surface area contributed by atoms with Gasteiger partial charge in [-0.05, 0) is 18.9 Å². The summed E-state index contributed by atoms with van der Waals surface area (Å²) in [4.78, 5) is 13.6. The molecule has 0 radical (unpaired) electrons. The number of nitrogens with one attached hydrogen (secondary N) is 1. The minimum Gasteiger partial charge on any atom is -0.445 e. The number of aryl methyl sites for hydroxylation is 1. The third kappa shape index (κ3) is 4.88. The zero-order valence-electron chi connectivity index (χ0n) is 14.0. The Morgan fingerprint density at radius 2 is 2.24 bits per heavy atom. The van der Waals surface area contributed by atoms with Gasteiger partial charge in [0.25, 0.3) is 0 Å². The third-order valence-electron chi connectivity index (χ3n) is 4.29. The molecule has 6 nitrogen and oxygen atoms in total. The number of hydrogen-bond acceptors (Lipinski definition) is 6. The summed E-state index contributed by atoms with van der Waals surface area (Å²) in [5.41, 5.74) is 3.70. The van der Waals surface area contributed by atoms with Crippen LogP contribution < -0.4 is 5.32 Å². The minimum atomic E-state index is -1.08. The van der Waals surface area contributed by atoms with Crippen molar-refractivity contribution >= 4 is 22.6 Å². The highest BCUT2D eigenvalue weighted by atomic mass is 32.1. The molecule has 1 aliphatic rings. The van der Waals surface area contributed by atoms with Crippen molar-refractivity contribution in [2.24, 2.45) is 5.92 Å². The van der Waals surface area contributed by atoms with E-state index < -0.39 is 12.3 Å². The summed E-state index contributed by atoms with van der Waals surface area (Å²) in [5.74, 6) is -0.148. The SMILES string of the molecule is Cc1ccc(COC(=O)N2CC[C@H](CNc3nncs3)[C@@H](F)C2)cc1. The highest BCUT2D eigenvalue weighted by Crippen LogP contribution is 2.22. The molecule has 0 saturated carbocycles. The summed E-state index contributed by atoms with van der Waals surface area (Å²) < 4.78 is 19.7. The number of amides is 1. The topological polar surface area (TPSA) is 67.3 Å². The van der Waals surface area contributed by atoms with Crippen LogP contribution in [0.3, 0.4) is 0 Å². The van der Waals surface area contributed by atoms with Crippen LogP contribution in [0.15, 0.2) is 29.8 Å².